The number of piperidine rings is 1. The minimum Gasteiger partial charge on any atom is -0.492 e. The molecule has 33 heavy (non-hydrogen) atoms. The number of carbonyl (C=O) groups is 2. The van der Waals surface area contributed by atoms with Gasteiger partial charge in [0.1, 0.15) is 12.4 Å². The van der Waals surface area contributed by atoms with Gasteiger partial charge in [0.25, 0.3) is 5.91 Å². The Labute approximate surface area is 192 Å². The minimum absolute atomic E-state index is 0.0181. The van der Waals surface area contributed by atoms with E-state index < -0.39 is 0 Å². The summed E-state index contributed by atoms with van der Waals surface area (Å²) in [6.45, 7) is 2.05. The number of likely N-dealkylation sites (tertiary alicyclic amines) is 1. The Morgan fingerprint density at radius 1 is 1.03 bits per heavy atom. The van der Waals surface area contributed by atoms with E-state index in [0.717, 1.165) is 23.6 Å². The van der Waals surface area contributed by atoms with E-state index in [1.807, 2.05) is 48.5 Å². The predicted molar refractivity (Wildman–Crippen MR) is 124 cm³/mol. The van der Waals surface area contributed by atoms with Crippen LogP contribution in [0.1, 0.15) is 23.2 Å². The monoisotopic (exact) mass is 446 g/mol. The summed E-state index contributed by atoms with van der Waals surface area (Å²) < 4.78 is 16.3. The number of ether oxygens (including phenoxy) is 3. The van der Waals surface area contributed by atoms with Gasteiger partial charge in [-0.15, -0.1) is 0 Å². The molecule has 2 heterocycles. The van der Waals surface area contributed by atoms with E-state index in [1.165, 1.54) is 0 Å². The van der Waals surface area contributed by atoms with Gasteiger partial charge in [-0.3, -0.25) is 9.59 Å². The highest BCUT2D eigenvalue weighted by Crippen LogP contribution is 2.35. The van der Waals surface area contributed by atoms with Gasteiger partial charge in [0.05, 0.1) is 12.5 Å². The molecule has 170 valence electrons. The first-order valence-electron chi connectivity index (χ1n) is 11.3. The van der Waals surface area contributed by atoms with Gasteiger partial charge in [-0.25, -0.2) is 0 Å². The van der Waals surface area contributed by atoms with Crippen molar-refractivity contribution in [3.05, 3.63) is 66.2 Å². The van der Waals surface area contributed by atoms with Crippen LogP contribution in [0.3, 0.4) is 0 Å². The first kappa shape index (κ1) is 21.1. The maximum absolute atomic E-state index is 13.2. The second-order valence-corrected chi connectivity index (χ2v) is 8.27. The molecule has 2 aliphatic rings. The fraction of sp³-hybridized carbons (Fsp3) is 0.308. The highest BCUT2D eigenvalue weighted by atomic mass is 16.7. The number of carbonyl (C=O) groups excluding carboxylic acids is 2. The zero-order valence-corrected chi connectivity index (χ0v) is 18.3. The van der Waals surface area contributed by atoms with Crippen molar-refractivity contribution in [1.82, 2.24) is 10.2 Å². The molecule has 2 aliphatic heterocycles. The number of amides is 2. The van der Waals surface area contributed by atoms with Crippen LogP contribution in [-0.2, 0) is 4.79 Å². The highest BCUT2D eigenvalue weighted by molar-refractivity contribution is 6.07. The molecule has 3 aromatic rings. The van der Waals surface area contributed by atoms with Crippen LogP contribution in [0.2, 0.25) is 0 Å². The van der Waals surface area contributed by atoms with E-state index >= 15 is 0 Å². The SMILES string of the molecule is O=C(NCCOc1ccc2c(c1)OCO2)C1CCCN(C(=O)c2cccc3ccccc23)C1. The van der Waals surface area contributed by atoms with Crippen molar-refractivity contribution in [2.45, 2.75) is 12.8 Å². The Bertz CT molecular complexity index is 1170. The maximum atomic E-state index is 13.2. The molecule has 1 fully saturated rings. The molecule has 3 aromatic carbocycles. The molecular weight excluding hydrogens is 420 g/mol. The van der Waals surface area contributed by atoms with Crippen molar-refractivity contribution in [2.75, 3.05) is 33.0 Å². The van der Waals surface area contributed by atoms with Crippen molar-refractivity contribution in [2.24, 2.45) is 5.92 Å². The average molecular weight is 447 g/mol. The topological polar surface area (TPSA) is 77.1 Å². The zero-order valence-electron chi connectivity index (χ0n) is 18.3. The van der Waals surface area contributed by atoms with Crippen molar-refractivity contribution in [1.29, 1.82) is 0 Å². The summed E-state index contributed by atoms with van der Waals surface area (Å²) in [6.07, 6.45) is 1.58. The molecule has 0 bridgehead atoms. The Morgan fingerprint density at radius 3 is 2.82 bits per heavy atom. The van der Waals surface area contributed by atoms with E-state index in [2.05, 4.69) is 5.32 Å². The van der Waals surface area contributed by atoms with Gasteiger partial charge in [0.2, 0.25) is 12.7 Å². The van der Waals surface area contributed by atoms with Crippen LogP contribution < -0.4 is 19.5 Å². The molecule has 0 saturated carbocycles. The minimum atomic E-state index is -0.219. The van der Waals surface area contributed by atoms with Gasteiger partial charge in [-0.1, -0.05) is 36.4 Å². The summed E-state index contributed by atoms with van der Waals surface area (Å²) in [5.41, 5.74) is 0.686. The fourth-order valence-corrected chi connectivity index (χ4v) is 4.41. The van der Waals surface area contributed by atoms with Gasteiger partial charge < -0.3 is 24.4 Å². The fourth-order valence-electron chi connectivity index (χ4n) is 4.41. The summed E-state index contributed by atoms with van der Waals surface area (Å²) in [6, 6.07) is 19.1. The first-order valence-corrected chi connectivity index (χ1v) is 11.3. The second-order valence-electron chi connectivity index (χ2n) is 8.27. The molecule has 0 radical (unpaired) electrons. The number of nitrogens with zero attached hydrogens (tertiary/aromatic N) is 1. The third kappa shape index (κ3) is 4.58. The van der Waals surface area contributed by atoms with Gasteiger partial charge in [-0.2, -0.15) is 0 Å². The summed E-state index contributed by atoms with van der Waals surface area (Å²) in [5.74, 6) is 1.75. The van der Waals surface area contributed by atoms with Crippen molar-refractivity contribution in [3.63, 3.8) is 0 Å². The molecule has 2 amide bonds. The van der Waals surface area contributed by atoms with E-state index in [0.29, 0.717) is 49.1 Å². The number of hydrogen-bond acceptors (Lipinski definition) is 5. The average Bonchev–Trinajstić information content (AvgIpc) is 3.34. The number of nitrogens with one attached hydrogen (secondary N) is 1. The van der Waals surface area contributed by atoms with E-state index in [1.54, 1.807) is 17.0 Å². The van der Waals surface area contributed by atoms with Crippen molar-refractivity contribution in [3.8, 4) is 17.2 Å². The Morgan fingerprint density at radius 2 is 1.88 bits per heavy atom. The summed E-state index contributed by atoms with van der Waals surface area (Å²) in [4.78, 5) is 27.8. The lowest BCUT2D eigenvalue weighted by Crippen LogP contribution is -2.46. The molecule has 7 nitrogen and oxygen atoms in total. The van der Waals surface area contributed by atoms with Crippen LogP contribution >= 0.6 is 0 Å². The molecule has 1 atom stereocenters. The van der Waals surface area contributed by atoms with Crippen LogP contribution in [0.25, 0.3) is 10.8 Å². The lowest BCUT2D eigenvalue weighted by atomic mass is 9.95. The molecule has 0 spiro atoms. The summed E-state index contributed by atoms with van der Waals surface area (Å²) >= 11 is 0. The molecule has 1 unspecified atom stereocenters. The number of fused-ring (bicyclic) bond motifs is 2. The van der Waals surface area contributed by atoms with Crippen LogP contribution in [0.15, 0.2) is 60.7 Å². The van der Waals surface area contributed by atoms with E-state index in [4.69, 9.17) is 14.2 Å². The largest absolute Gasteiger partial charge is 0.492 e. The van der Waals surface area contributed by atoms with E-state index in [-0.39, 0.29) is 24.5 Å². The Hall–Kier alpha value is -3.74. The second kappa shape index (κ2) is 9.40. The number of benzene rings is 3. The van der Waals surface area contributed by atoms with Gasteiger partial charge in [-0.05, 0) is 41.8 Å². The van der Waals surface area contributed by atoms with Crippen molar-refractivity contribution < 1.29 is 23.8 Å². The summed E-state index contributed by atoms with van der Waals surface area (Å²) in [7, 11) is 0. The van der Waals surface area contributed by atoms with Crippen LogP contribution in [0.5, 0.6) is 17.2 Å². The summed E-state index contributed by atoms with van der Waals surface area (Å²) in [5, 5.41) is 4.93. The molecule has 1 saturated heterocycles. The van der Waals surface area contributed by atoms with Crippen molar-refractivity contribution >= 4 is 22.6 Å². The Balaban J connectivity index is 1.14. The Kier molecular flexibility index (Phi) is 6.02. The smallest absolute Gasteiger partial charge is 0.254 e. The van der Waals surface area contributed by atoms with Gasteiger partial charge in [0, 0.05) is 24.7 Å². The molecule has 5 rings (SSSR count). The molecule has 7 heteroatoms. The quantitative estimate of drug-likeness (QED) is 0.586. The number of hydrogen-bond donors (Lipinski definition) is 1. The van der Waals surface area contributed by atoms with E-state index in [9.17, 15) is 9.59 Å². The lowest BCUT2D eigenvalue weighted by Gasteiger charge is -2.32. The third-order valence-corrected chi connectivity index (χ3v) is 6.11. The first-order chi connectivity index (χ1) is 16.2. The lowest BCUT2D eigenvalue weighted by molar-refractivity contribution is -0.126. The predicted octanol–water partition coefficient (Wildman–Crippen LogP) is 3.62. The van der Waals surface area contributed by atoms with Crippen LogP contribution in [-0.4, -0.2) is 49.7 Å². The normalized spacial score (nSPS) is 17.1. The molecule has 1 N–H and O–H groups in total. The van der Waals surface area contributed by atoms with Gasteiger partial charge in [0.15, 0.2) is 11.5 Å². The molecular formula is C26H26N2O5. The standard InChI is InChI=1S/C26H26N2O5/c29-25(27-12-14-31-20-10-11-23-24(15-20)33-17-32-23)19-7-4-13-28(16-19)26(30)22-9-3-6-18-5-1-2-8-21(18)22/h1-3,5-6,8-11,15,19H,4,7,12-14,16-17H2,(H,27,29). The van der Waals surface area contributed by atoms with Crippen LogP contribution in [0, 0.1) is 5.92 Å². The third-order valence-electron chi connectivity index (χ3n) is 6.11. The molecule has 0 aliphatic carbocycles. The maximum Gasteiger partial charge on any atom is 0.254 e. The van der Waals surface area contributed by atoms with Gasteiger partial charge >= 0.3 is 0 Å². The zero-order chi connectivity index (χ0) is 22.6. The van der Waals surface area contributed by atoms with Crippen LogP contribution in [0.4, 0.5) is 0 Å². The highest BCUT2D eigenvalue weighted by Gasteiger charge is 2.29. The molecule has 0 aromatic heterocycles. The number of rotatable bonds is 6.